The average molecular weight is 589 g/mol. The van der Waals surface area contributed by atoms with Gasteiger partial charge in [-0.2, -0.15) is 0 Å². The summed E-state index contributed by atoms with van der Waals surface area (Å²) < 4.78 is 35.4. The topological polar surface area (TPSA) is 72.5 Å². The van der Waals surface area contributed by atoms with E-state index in [0.29, 0.717) is 62.6 Å². The van der Waals surface area contributed by atoms with E-state index in [-0.39, 0.29) is 24.4 Å². The summed E-state index contributed by atoms with van der Waals surface area (Å²) in [4.78, 5) is 14.0. The number of benzene rings is 5. The van der Waals surface area contributed by atoms with Crippen LogP contribution in [0, 0.1) is 0 Å². The Hall–Kier alpha value is -4.40. The van der Waals surface area contributed by atoms with Crippen molar-refractivity contribution in [1.29, 1.82) is 0 Å². The zero-order valence-corrected chi connectivity index (χ0v) is 24.3. The summed E-state index contributed by atoms with van der Waals surface area (Å²) in [5, 5.41) is 0.549. The van der Waals surface area contributed by atoms with Crippen LogP contribution in [-0.4, -0.2) is 45.7 Å². The molecule has 5 aromatic rings. The molecule has 0 aliphatic rings. The van der Waals surface area contributed by atoms with Gasteiger partial charge in [0.25, 0.3) is 0 Å². The second-order valence-corrected chi connectivity index (χ2v) is 10.1. The van der Waals surface area contributed by atoms with E-state index < -0.39 is 8.58 Å². The Morgan fingerprint density at radius 2 is 0.884 bits per heavy atom. The Morgan fingerprint density at radius 3 is 1.28 bits per heavy atom. The van der Waals surface area contributed by atoms with Crippen LogP contribution in [0.2, 0.25) is 0 Å². The molecule has 0 radical (unpaired) electrons. The molecule has 0 saturated heterocycles. The number of para-hydroxylation sites is 3. The van der Waals surface area contributed by atoms with E-state index in [1.54, 1.807) is 24.3 Å². The zero-order chi connectivity index (χ0) is 29.3. The third-order valence-corrected chi connectivity index (χ3v) is 7.36. The Balaban J connectivity index is 0.00000423. The van der Waals surface area contributed by atoms with Crippen molar-refractivity contribution >= 4 is 38.3 Å². The van der Waals surface area contributed by atoms with E-state index in [1.807, 2.05) is 91.0 Å². The van der Waals surface area contributed by atoms with Gasteiger partial charge in [-0.25, -0.2) is 0 Å². The molecule has 0 aromatic heterocycles. The van der Waals surface area contributed by atoms with Crippen molar-refractivity contribution < 1.29 is 33.2 Å². The third kappa shape index (κ3) is 7.91. The van der Waals surface area contributed by atoms with E-state index in [0.717, 1.165) is 0 Å². The Kier molecular flexibility index (Phi) is 11.1. The van der Waals surface area contributed by atoms with E-state index in [1.165, 1.54) is 21.3 Å². The summed E-state index contributed by atoms with van der Waals surface area (Å²) in [6.45, 7) is 0. The molecule has 0 aliphatic heterocycles. The molecule has 0 fully saturated rings. The number of hydrogen-bond acceptors (Lipinski definition) is 7. The molecule has 0 spiro atoms. The van der Waals surface area contributed by atoms with Crippen molar-refractivity contribution in [1.82, 2.24) is 0 Å². The predicted octanol–water partition coefficient (Wildman–Crippen LogP) is 7.59. The Bertz CT molecular complexity index is 1560. The number of carbonyl (C=O) groups is 1. The molecular weight excluding hydrogens is 558 g/mol. The minimum absolute atomic E-state index is 0. The normalized spacial score (nSPS) is 10.5. The quantitative estimate of drug-likeness (QED) is 0.110. The van der Waals surface area contributed by atoms with Crippen LogP contribution in [0.4, 0.5) is 0 Å². The van der Waals surface area contributed by atoms with Crippen LogP contribution in [0.1, 0.15) is 10.4 Å². The second-order valence-electron chi connectivity index (χ2n) is 8.90. The van der Waals surface area contributed by atoms with Crippen molar-refractivity contribution in [3.05, 3.63) is 121 Å². The summed E-state index contributed by atoms with van der Waals surface area (Å²) in [5.74, 6) is 4.33. The first-order valence-electron chi connectivity index (χ1n) is 13.1. The van der Waals surface area contributed by atoms with Crippen LogP contribution in [0.25, 0.3) is 0 Å². The van der Waals surface area contributed by atoms with Crippen LogP contribution >= 0.6 is 8.58 Å². The fraction of sp³-hybridized carbons (Fsp3) is 0.0882. The zero-order valence-electron chi connectivity index (χ0n) is 23.3. The molecule has 43 heavy (non-hydrogen) atoms. The number of rotatable bonds is 12. The predicted molar refractivity (Wildman–Crippen MR) is 172 cm³/mol. The molecule has 1 unspecified atom stereocenters. The second kappa shape index (κ2) is 15.2. The molecule has 9 heteroatoms. The summed E-state index contributed by atoms with van der Waals surface area (Å²) in [7, 11) is 4.11. The van der Waals surface area contributed by atoms with E-state index >= 15 is 0 Å². The first-order valence-corrected chi connectivity index (χ1v) is 14.1. The van der Waals surface area contributed by atoms with Crippen LogP contribution in [-0.2, 0) is 0 Å². The molecular formula is C34H30LiO7P. The summed E-state index contributed by atoms with van der Waals surface area (Å²) in [6.07, 6.45) is 0. The van der Waals surface area contributed by atoms with Gasteiger partial charge >= 0.3 is 18.9 Å². The fourth-order valence-corrected chi connectivity index (χ4v) is 5.26. The van der Waals surface area contributed by atoms with Gasteiger partial charge in [-0.3, -0.25) is 4.79 Å². The van der Waals surface area contributed by atoms with E-state index in [2.05, 4.69) is 0 Å². The van der Waals surface area contributed by atoms with Crippen molar-refractivity contribution in [3.63, 3.8) is 0 Å². The fourth-order valence-electron chi connectivity index (χ4n) is 4.17. The van der Waals surface area contributed by atoms with E-state index in [9.17, 15) is 4.79 Å². The monoisotopic (exact) mass is 588 g/mol. The van der Waals surface area contributed by atoms with Crippen LogP contribution < -0.4 is 33.7 Å². The molecule has 7 nitrogen and oxygen atoms in total. The van der Waals surface area contributed by atoms with Crippen molar-refractivity contribution in [2.24, 2.45) is 0 Å². The third-order valence-electron chi connectivity index (χ3n) is 6.14. The van der Waals surface area contributed by atoms with Crippen LogP contribution in [0.5, 0.6) is 51.7 Å². The van der Waals surface area contributed by atoms with Crippen LogP contribution in [0.15, 0.2) is 115 Å². The van der Waals surface area contributed by atoms with Gasteiger partial charge in [-0.05, 0) is 45.0 Å². The van der Waals surface area contributed by atoms with Crippen LogP contribution in [0.3, 0.4) is 0 Å². The minimum atomic E-state index is -0.428. The average Bonchev–Trinajstić information content (AvgIpc) is 3.03. The van der Waals surface area contributed by atoms with Gasteiger partial charge in [0.1, 0.15) is 57.3 Å². The van der Waals surface area contributed by atoms with E-state index in [4.69, 9.17) is 28.4 Å². The molecule has 214 valence electrons. The molecule has 5 aromatic carbocycles. The first kappa shape index (κ1) is 31.5. The SMILES string of the molecule is COc1cc(OC)c(C(=O)Pc2c(Oc3ccccc3)cc(Oc3ccccc3)cc2Oc2ccccc2)c(OC)c1.[LiH]. The number of carbonyl (C=O) groups excluding carboxylic acids is 1. The molecule has 0 amide bonds. The molecule has 0 saturated carbocycles. The van der Waals surface area contributed by atoms with Gasteiger partial charge in [0, 0.05) is 24.3 Å². The first-order chi connectivity index (χ1) is 20.6. The van der Waals surface area contributed by atoms with Crippen molar-refractivity contribution in [2.75, 3.05) is 21.3 Å². The maximum absolute atomic E-state index is 14.0. The molecule has 1 atom stereocenters. The maximum atomic E-state index is 14.0. The van der Waals surface area contributed by atoms with Gasteiger partial charge in [-0.1, -0.05) is 54.6 Å². The molecule has 0 heterocycles. The summed E-state index contributed by atoms with van der Waals surface area (Å²) in [5.41, 5.74) is 0.0546. The molecule has 5 rings (SSSR count). The molecule has 0 N–H and O–H groups in total. The Labute approximate surface area is 264 Å². The number of methoxy groups -OCH3 is 3. The standard InChI is InChI=1S/C34H29O7P.Li.H/c1-36-26-19-28(37-2)32(29(20-26)38-3)34(35)42-33-30(40-24-15-9-5-10-16-24)21-27(39-23-13-7-4-8-14-23)22-31(33)41-25-17-11-6-12-18-25;;/h4-22,42H,1-3H3;;. The number of hydrogen-bond donors (Lipinski definition) is 0. The molecule has 0 bridgehead atoms. The van der Waals surface area contributed by atoms with Gasteiger partial charge in [0.2, 0.25) is 0 Å². The van der Waals surface area contributed by atoms with Gasteiger partial charge < -0.3 is 28.4 Å². The number of ether oxygens (including phenoxy) is 6. The van der Waals surface area contributed by atoms with Crippen molar-refractivity contribution in [3.8, 4) is 51.7 Å². The van der Waals surface area contributed by atoms with Gasteiger partial charge in [0.15, 0.2) is 5.52 Å². The van der Waals surface area contributed by atoms with Gasteiger partial charge in [0.05, 0.1) is 26.6 Å². The summed E-state index contributed by atoms with van der Waals surface area (Å²) in [6, 6.07) is 34.9. The summed E-state index contributed by atoms with van der Waals surface area (Å²) >= 11 is 0. The van der Waals surface area contributed by atoms with Crippen molar-refractivity contribution in [2.45, 2.75) is 0 Å². The van der Waals surface area contributed by atoms with Gasteiger partial charge in [-0.15, -0.1) is 0 Å². The Morgan fingerprint density at radius 1 is 0.488 bits per heavy atom. The molecule has 0 aliphatic carbocycles.